The van der Waals surface area contributed by atoms with Gasteiger partial charge in [0.05, 0.1) is 0 Å². The van der Waals surface area contributed by atoms with Gasteiger partial charge >= 0.3 is 0 Å². The van der Waals surface area contributed by atoms with Gasteiger partial charge < -0.3 is 5.32 Å². The van der Waals surface area contributed by atoms with Crippen molar-refractivity contribution >= 4 is 40.6 Å². The predicted molar refractivity (Wildman–Crippen MR) is 98.5 cm³/mol. The summed E-state index contributed by atoms with van der Waals surface area (Å²) in [7, 11) is 0. The largest absolute Gasteiger partial charge is 0.322 e. The van der Waals surface area contributed by atoms with E-state index in [1.54, 1.807) is 48.5 Å². The molecule has 25 heavy (non-hydrogen) atoms. The molecule has 0 fully saturated rings. The van der Waals surface area contributed by atoms with Gasteiger partial charge in [-0.1, -0.05) is 65.7 Å². The van der Waals surface area contributed by atoms with Crippen LogP contribution in [0.25, 0.3) is 0 Å². The average Bonchev–Trinajstić information content (AvgIpc) is 2.61. The normalized spacial score (nSPS) is 10.3. The number of rotatable bonds is 4. The Balaban J connectivity index is 1.82. The first-order valence-corrected chi connectivity index (χ1v) is 8.13. The zero-order chi connectivity index (χ0) is 17.8. The zero-order valence-corrected chi connectivity index (χ0v) is 14.4. The van der Waals surface area contributed by atoms with Gasteiger partial charge in [0.2, 0.25) is 0 Å². The standard InChI is InChI=1S/C19H12Cl2N2O2/c20-16-10-14(11-17(21)23-16)19(25)22-15-8-4-7-13(9-15)18(24)12-5-2-1-3-6-12/h1-11H,(H,22,25). The first kappa shape index (κ1) is 17.1. The molecular formula is C19H12Cl2N2O2. The van der Waals surface area contributed by atoms with Gasteiger partial charge in [0.25, 0.3) is 5.91 Å². The number of aromatic nitrogens is 1. The van der Waals surface area contributed by atoms with Crippen LogP contribution in [0.4, 0.5) is 5.69 Å². The highest BCUT2D eigenvalue weighted by atomic mass is 35.5. The molecule has 0 bridgehead atoms. The highest BCUT2D eigenvalue weighted by Gasteiger charge is 2.12. The van der Waals surface area contributed by atoms with Gasteiger partial charge in [0.15, 0.2) is 5.78 Å². The molecule has 0 radical (unpaired) electrons. The monoisotopic (exact) mass is 370 g/mol. The minimum absolute atomic E-state index is 0.119. The third-order valence-corrected chi connectivity index (χ3v) is 3.83. The maximum absolute atomic E-state index is 12.5. The number of benzene rings is 2. The Morgan fingerprint density at radius 2 is 1.40 bits per heavy atom. The second-order valence-corrected chi connectivity index (χ2v) is 6.01. The first-order chi connectivity index (χ1) is 12.0. The Labute approximate surface area is 154 Å². The molecular weight excluding hydrogens is 359 g/mol. The highest BCUT2D eigenvalue weighted by Crippen LogP contribution is 2.18. The Morgan fingerprint density at radius 3 is 2.08 bits per heavy atom. The van der Waals surface area contributed by atoms with Crippen LogP contribution in [0.5, 0.6) is 0 Å². The topological polar surface area (TPSA) is 59.1 Å². The minimum Gasteiger partial charge on any atom is -0.322 e. The van der Waals surface area contributed by atoms with Crippen molar-refractivity contribution in [3.63, 3.8) is 0 Å². The molecule has 0 saturated heterocycles. The predicted octanol–water partition coefficient (Wildman–Crippen LogP) is 4.87. The van der Waals surface area contributed by atoms with Crippen LogP contribution in [0.3, 0.4) is 0 Å². The van der Waals surface area contributed by atoms with Crippen LogP contribution >= 0.6 is 23.2 Å². The van der Waals surface area contributed by atoms with Crippen molar-refractivity contribution in [2.75, 3.05) is 5.32 Å². The van der Waals surface area contributed by atoms with Gasteiger partial charge in [-0.3, -0.25) is 9.59 Å². The SMILES string of the molecule is O=C(Nc1cccc(C(=O)c2ccccc2)c1)c1cc(Cl)nc(Cl)c1. The molecule has 0 unspecified atom stereocenters. The van der Waals surface area contributed by atoms with E-state index >= 15 is 0 Å². The summed E-state index contributed by atoms with van der Waals surface area (Å²) < 4.78 is 0. The van der Waals surface area contributed by atoms with Gasteiger partial charge in [0.1, 0.15) is 10.3 Å². The first-order valence-electron chi connectivity index (χ1n) is 7.37. The van der Waals surface area contributed by atoms with Gasteiger partial charge in [-0.25, -0.2) is 4.98 Å². The van der Waals surface area contributed by atoms with Crippen molar-refractivity contribution < 1.29 is 9.59 Å². The van der Waals surface area contributed by atoms with E-state index in [1.807, 2.05) is 6.07 Å². The second-order valence-electron chi connectivity index (χ2n) is 5.23. The van der Waals surface area contributed by atoms with E-state index in [0.29, 0.717) is 16.8 Å². The van der Waals surface area contributed by atoms with E-state index < -0.39 is 5.91 Å². The lowest BCUT2D eigenvalue weighted by atomic mass is 10.0. The van der Waals surface area contributed by atoms with Crippen LogP contribution < -0.4 is 5.32 Å². The molecule has 1 amide bonds. The van der Waals surface area contributed by atoms with E-state index in [-0.39, 0.29) is 21.7 Å². The molecule has 0 saturated carbocycles. The lowest BCUT2D eigenvalue weighted by molar-refractivity contribution is 0.102. The Hall–Kier alpha value is -2.69. The molecule has 6 heteroatoms. The van der Waals surface area contributed by atoms with Gasteiger partial charge in [0, 0.05) is 22.4 Å². The fraction of sp³-hybridized carbons (Fsp3) is 0. The van der Waals surface area contributed by atoms with E-state index in [0.717, 1.165) is 0 Å². The van der Waals surface area contributed by atoms with E-state index in [1.165, 1.54) is 12.1 Å². The summed E-state index contributed by atoms with van der Waals surface area (Å²) in [6.07, 6.45) is 0. The van der Waals surface area contributed by atoms with Crippen LogP contribution in [-0.4, -0.2) is 16.7 Å². The molecule has 0 aliphatic carbocycles. The molecule has 1 N–H and O–H groups in total. The second kappa shape index (κ2) is 7.47. The van der Waals surface area contributed by atoms with E-state index in [9.17, 15) is 9.59 Å². The molecule has 4 nitrogen and oxygen atoms in total. The van der Waals surface area contributed by atoms with Crippen LogP contribution in [0.1, 0.15) is 26.3 Å². The number of nitrogens with one attached hydrogen (secondary N) is 1. The number of amides is 1. The number of anilines is 1. The smallest absolute Gasteiger partial charge is 0.255 e. The van der Waals surface area contributed by atoms with Crippen molar-refractivity contribution in [1.82, 2.24) is 4.98 Å². The molecule has 1 heterocycles. The van der Waals surface area contributed by atoms with Crippen LogP contribution in [0.2, 0.25) is 10.3 Å². The lowest BCUT2D eigenvalue weighted by Crippen LogP contribution is -2.13. The summed E-state index contributed by atoms with van der Waals surface area (Å²) in [5.74, 6) is -0.512. The van der Waals surface area contributed by atoms with Gasteiger partial charge in [-0.2, -0.15) is 0 Å². The summed E-state index contributed by atoms with van der Waals surface area (Å²) in [5.41, 5.74) is 1.84. The molecule has 0 atom stereocenters. The molecule has 3 rings (SSSR count). The molecule has 124 valence electrons. The lowest BCUT2D eigenvalue weighted by Gasteiger charge is -2.08. The number of carbonyl (C=O) groups excluding carboxylic acids is 2. The molecule has 0 spiro atoms. The molecule has 0 aliphatic heterocycles. The third-order valence-electron chi connectivity index (χ3n) is 3.44. The summed E-state index contributed by atoms with van der Waals surface area (Å²) >= 11 is 11.6. The van der Waals surface area contributed by atoms with Crippen molar-refractivity contribution in [2.24, 2.45) is 0 Å². The van der Waals surface area contributed by atoms with Crippen molar-refractivity contribution in [2.45, 2.75) is 0 Å². The van der Waals surface area contributed by atoms with Crippen molar-refractivity contribution in [1.29, 1.82) is 0 Å². The highest BCUT2D eigenvalue weighted by molar-refractivity contribution is 6.33. The van der Waals surface area contributed by atoms with Gasteiger partial charge in [-0.05, 0) is 24.3 Å². The molecule has 0 aliphatic rings. The number of nitrogens with zero attached hydrogens (tertiary/aromatic N) is 1. The van der Waals surface area contributed by atoms with E-state index in [2.05, 4.69) is 10.3 Å². The van der Waals surface area contributed by atoms with Crippen LogP contribution in [0, 0.1) is 0 Å². The maximum Gasteiger partial charge on any atom is 0.255 e. The van der Waals surface area contributed by atoms with Crippen molar-refractivity contribution in [3.05, 3.63) is 93.7 Å². The number of hydrogen-bond donors (Lipinski definition) is 1. The Morgan fingerprint density at radius 1 is 0.760 bits per heavy atom. The number of carbonyl (C=O) groups is 2. The number of halogens is 2. The summed E-state index contributed by atoms with van der Waals surface area (Å²) in [4.78, 5) is 28.6. The zero-order valence-electron chi connectivity index (χ0n) is 12.9. The van der Waals surface area contributed by atoms with Gasteiger partial charge in [-0.15, -0.1) is 0 Å². The molecule has 2 aromatic carbocycles. The number of hydrogen-bond acceptors (Lipinski definition) is 3. The fourth-order valence-electron chi connectivity index (χ4n) is 2.29. The maximum atomic E-state index is 12.5. The number of pyridine rings is 1. The summed E-state index contributed by atoms with van der Waals surface area (Å²) in [5, 5.41) is 2.98. The fourth-order valence-corrected chi connectivity index (χ4v) is 2.75. The number of ketones is 1. The molecule has 1 aromatic heterocycles. The molecule has 3 aromatic rings. The average molecular weight is 371 g/mol. The third kappa shape index (κ3) is 4.24. The Kier molecular flexibility index (Phi) is 5.12. The summed E-state index contributed by atoms with van der Waals surface area (Å²) in [6, 6.07) is 18.5. The van der Waals surface area contributed by atoms with Crippen LogP contribution in [0.15, 0.2) is 66.7 Å². The minimum atomic E-state index is -0.393. The van der Waals surface area contributed by atoms with E-state index in [4.69, 9.17) is 23.2 Å². The van der Waals surface area contributed by atoms with Crippen LogP contribution in [-0.2, 0) is 0 Å². The quantitative estimate of drug-likeness (QED) is 0.526. The summed E-state index contributed by atoms with van der Waals surface area (Å²) in [6.45, 7) is 0. The Bertz CT molecular complexity index is 923. The van der Waals surface area contributed by atoms with Crippen molar-refractivity contribution in [3.8, 4) is 0 Å².